The molecule has 3 atom stereocenters. The second-order valence-corrected chi connectivity index (χ2v) is 5.43. The molecule has 4 N–H and O–H groups in total. The molecule has 0 bridgehead atoms. The molecule has 0 aromatic carbocycles. The molecule has 0 radical (unpaired) electrons. The molecule has 1 amide bonds. The van der Waals surface area contributed by atoms with Crippen LogP contribution in [0.5, 0.6) is 0 Å². The Morgan fingerprint density at radius 2 is 2.21 bits per heavy atom. The van der Waals surface area contributed by atoms with Crippen molar-refractivity contribution in [2.45, 2.75) is 31.8 Å². The number of carboxylic acid groups (broad SMARTS) is 1. The smallest absolute Gasteiger partial charge is 0.405 e. The van der Waals surface area contributed by atoms with Crippen molar-refractivity contribution in [2.75, 3.05) is 5.32 Å². The molecular formula is C13H17N3O3. The first-order chi connectivity index (χ1) is 9.08. The van der Waals surface area contributed by atoms with Gasteiger partial charge in [-0.05, 0) is 24.8 Å². The lowest BCUT2D eigenvalue weighted by atomic mass is 9.82. The topological polar surface area (TPSA) is 94.2 Å². The van der Waals surface area contributed by atoms with E-state index in [1.54, 1.807) is 12.3 Å². The molecule has 1 aromatic rings. The van der Waals surface area contributed by atoms with E-state index in [1.165, 1.54) is 0 Å². The molecule has 1 aromatic heterocycles. The maximum Gasteiger partial charge on any atom is 0.405 e. The standard InChI is InChI=1S/C13H17N3O3/c1-6-9(7-2-3-7)15-11-8(4-5-14-12(11)17)10(6)16-13(18)19/h4-7,9-10,15-16H,2-3H2,1H3,(H,14,17)(H,18,19)/t6-,9+,10-/m1/s1. The quantitative estimate of drug-likeness (QED) is 0.650. The van der Waals surface area contributed by atoms with Gasteiger partial charge in [0.05, 0.1) is 6.04 Å². The minimum atomic E-state index is -1.06. The van der Waals surface area contributed by atoms with Gasteiger partial charge in [-0.3, -0.25) is 4.79 Å². The first kappa shape index (κ1) is 12.1. The molecule has 6 heteroatoms. The highest BCUT2D eigenvalue weighted by Gasteiger charge is 2.43. The van der Waals surface area contributed by atoms with E-state index in [4.69, 9.17) is 5.11 Å². The number of anilines is 1. The summed E-state index contributed by atoms with van der Waals surface area (Å²) in [6, 6.07) is 1.60. The average Bonchev–Trinajstić information content (AvgIpc) is 3.17. The summed E-state index contributed by atoms with van der Waals surface area (Å²) in [5.74, 6) is 0.666. The van der Waals surface area contributed by atoms with E-state index < -0.39 is 6.09 Å². The molecule has 1 fully saturated rings. The summed E-state index contributed by atoms with van der Waals surface area (Å²) < 4.78 is 0. The first-order valence-electron chi connectivity index (χ1n) is 6.55. The van der Waals surface area contributed by atoms with Crippen molar-refractivity contribution < 1.29 is 9.90 Å². The van der Waals surface area contributed by atoms with Gasteiger partial charge < -0.3 is 20.7 Å². The molecule has 0 saturated heterocycles. The number of H-pyrrole nitrogens is 1. The van der Waals surface area contributed by atoms with Crippen LogP contribution >= 0.6 is 0 Å². The van der Waals surface area contributed by atoms with Crippen LogP contribution in [0.3, 0.4) is 0 Å². The van der Waals surface area contributed by atoms with Crippen LogP contribution in [0.2, 0.25) is 0 Å². The number of nitrogens with one attached hydrogen (secondary N) is 3. The predicted molar refractivity (Wildman–Crippen MR) is 70.3 cm³/mol. The summed E-state index contributed by atoms with van der Waals surface area (Å²) in [5, 5.41) is 14.9. The van der Waals surface area contributed by atoms with Crippen LogP contribution in [0.15, 0.2) is 17.1 Å². The van der Waals surface area contributed by atoms with Crippen molar-refractivity contribution in [3.8, 4) is 0 Å². The van der Waals surface area contributed by atoms with Gasteiger partial charge >= 0.3 is 6.09 Å². The molecule has 2 heterocycles. The Morgan fingerprint density at radius 3 is 2.84 bits per heavy atom. The van der Waals surface area contributed by atoms with Crippen molar-refractivity contribution in [3.63, 3.8) is 0 Å². The zero-order chi connectivity index (χ0) is 13.6. The van der Waals surface area contributed by atoms with Crippen molar-refractivity contribution in [1.29, 1.82) is 0 Å². The summed E-state index contributed by atoms with van der Waals surface area (Å²) in [5.41, 5.74) is 1.05. The Bertz CT molecular complexity index is 564. The number of aromatic amines is 1. The van der Waals surface area contributed by atoms with E-state index in [1.807, 2.05) is 6.92 Å². The number of amides is 1. The lowest BCUT2D eigenvalue weighted by Gasteiger charge is -2.38. The van der Waals surface area contributed by atoms with Crippen LogP contribution in [-0.2, 0) is 0 Å². The highest BCUT2D eigenvalue weighted by molar-refractivity contribution is 5.67. The van der Waals surface area contributed by atoms with Crippen molar-refractivity contribution in [2.24, 2.45) is 11.8 Å². The Labute approximate surface area is 110 Å². The van der Waals surface area contributed by atoms with Gasteiger partial charge in [0.25, 0.3) is 5.56 Å². The fourth-order valence-corrected chi connectivity index (χ4v) is 3.04. The molecule has 1 aliphatic carbocycles. The number of aromatic nitrogens is 1. The zero-order valence-corrected chi connectivity index (χ0v) is 10.6. The van der Waals surface area contributed by atoms with E-state index in [0.29, 0.717) is 11.6 Å². The number of pyridine rings is 1. The molecule has 1 aliphatic heterocycles. The van der Waals surface area contributed by atoms with Gasteiger partial charge in [0.15, 0.2) is 0 Å². The molecule has 0 spiro atoms. The highest BCUT2D eigenvalue weighted by atomic mass is 16.4. The summed E-state index contributed by atoms with van der Waals surface area (Å²) in [4.78, 5) is 25.5. The van der Waals surface area contributed by atoms with Crippen LogP contribution in [0.25, 0.3) is 0 Å². The van der Waals surface area contributed by atoms with Crippen molar-refractivity contribution >= 4 is 11.8 Å². The minimum Gasteiger partial charge on any atom is -0.465 e. The number of rotatable bonds is 2. The van der Waals surface area contributed by atoms with Gasteiger partial charge in [0.2, 0.25) is 0 Å². The maximum absolute atomic E-state index is 11.9. The average molecular weight is 263 g/mol. The van der Waals surface area contributed by atoms with Crippen LogP contribution < -0.4 is 16.2 Å². The molecule has 1 saturated carbocycles. The fraction of sp³-hybridized carbons (Fsp3) is 0.538. The van der Waals surface area contributed by atoms with E-state index >= 15 is 0 Å². The molecule has 19 heavy (non-hydrogen) atoms. The third-order valence-corrected chi connectivity index (χ3v) is 4.14. The summed E-state index contributed by atoms with van der Waals surface area (Å²) in [7, 11) is 0. The number of hydrogen-bond acceptors (Lipinski definition) is 3. The Balaban J connectivity index is 2.03. The first-order valence-corrected chi connectivity index (χ1v) is 6.55. The van der Waals surface area contributed by atoms with E-state index in [2.05, 4.69) is 15.6 Å². The second kappa shape index (κ2) is 4.29. The van der Waals surface area contributed by atoms with Gasteiger partial charge in [-0.25, -0.2) is 4.79 Å². The van der Waals surface area contributed by atoms with Gasteiger partial charge in [0.1, 0.15) is 5.69 Å². The molecule has 3 rings (SSSR count). The SMILES string of the molecule is C[C@@H]1[C@@H](C2CC2)Nc2c(cc[nH]c2=O)[C@@H]1NC(=O)O. The largest absolute Gasteiger partial charge is 0.465 e. The van der Waals surface area contributed by atoms with E-state index in [9.17, 15) is 9.59 Å². The van der Waals surface area contributed by atoms with Crippen LogP contribution in [0, 0.1) is 11.8 Å². The fourth-order valence-electron chi connectivity index (χ4n) is 3.04. The maximum atomic E-state index is 11.9. The normalized spacial score (nSPS) is 29.2. The second-order valence-electron chi connectivity index (χ2n) is 5.43. The molecular weight excluding hydrogens is 246 g/mol. The number of fused-ring (bicyclic) bond motifs is 1. The summed E-state index contributed by atoms with van der Waals surface area (Å²) in [6.07, 6.45) is 2.78. The third kappa shape index (κ3) is 2.07. The van der Waals surface area contributed by atoms with Gasteiger partial charge in [-0.1, -0.05) is 6.92 Å². The molecule has 0 unspecified atom stereocenters. The molecule has 2 aliphatic rings. The van der Waals surface area contributed by atoms with E-state index in [0.717, 1.165) is 18.4 Å². The Hall–Kier alpha value is -1.98. The van der Waals surface area contributed by atoms with E-state index in [-0.39, 0.29) is 23.6 Å². The number of carbonyl (C=O) groups is 1. The molecule has 6 nitrogen and oxygen atoms in total. The monoisotopic (exact) mass is 263 g/mol. The Kier molecular flexibility index (Phi) is 2.73. The summed E-state index contributed by atoms with van der Waals surface area (Å²) >= 11 is 0. The minimum absolute atomic E-state index is 0.123. The predicted octanol–water partition coefficient (Wildman–Crippen LogP) is 1.52. The van der Waals surface area contributed by atoms with Crippen LogP contribution in [-0.4, -0.2) is 22.2 Å². The van der Waals surface area contributed by atoms with Crippen molar-refractivity contribution in [3.05, 3.63) is 28.2 Å². The van der Waals surface area contributed by atoms with Crippen molar-refractivity contribution in [1.82, 2.24) is 10.3 Å². The third-order valence-electron chi connectivity index (χ3n) is 4.14. The van der Waals surface area contributed by atoms with Gasteiger partial charge in [-0.15, -0.1) is 0 Å². The van der Waals surface area contributed by atoms with Crippen LogP contribution in [0.4, 0.5) is 10.5 Å². The van der Waals surface area contributed by atoms with Gasteiger partial charge in [-0.2, -0.15) is 0 Å². The summed E-state index contributed by atoms with van der Waals surface area (Å²) in [6.45, 7) is 2.03. The molecule has 102 valence electrons. The Morgan fingerprint density at radius 1 is 1.47 bits per heavy atom. The van der Waals surface area contributed by atoms with Gasteiger partial charge in [0, 0.05) is 23.7 Å². The van der Waals surface area contributed by atoms with Crippen LogP contribution in [0.1, 0.15) is 31.4 Å². The highest BCUT2D eigenvalue weighted by Crippen LogP contribution is 2.44. The lowest BCUT2D eigenvalue weighted by molar-refractivity contribution is 0.181. The zero-order valence-electron chi connectivity index (χ0n) is 10.6. The number of hydrogen-bond donors (Lipinski definition) is 4. The lowest BCUT2D eigenvalue weighted by Crippen LogP contribution is -2.46.